The summed E-state index contributed by atoms with van der Waals surface area (Å²) in [7, 11) is 1.63. The van der Waals surface area contributed by atoms with Crippen LogP contribution >= 0.6 is 0 Å². The summed E-state index contributed by atoms with van der Waals surface area (Å²) < 4.78 is 10.3. The molecule has 0 N–H and O–H groups in total. The smallest absolute Gasteiger partial charge is 0.131 e. The van der Waals surface area contributed by atoms with Gasteiger partial charge in [-0.1, -0.05) is 11.8 Å². The molecule has 16 heavy (non-hydrogen) atoms. The average Bonchev–Trinajstić information content (AvgIpc) is 2.32. The Kier molecular flexibility index (Phi) is 5.75. The third-order valence-corrected chi connectivity index (χ3v) is 1.83. The lowest BCUT2D eigenvalue weighted by atomic mass is 10.2. The van der Waals surface area contributed by atoms with Crippen molar-refractivity contribution in [1.29, 1.82) is 0 Å². The highest BCUT2D eigenvalue weighted by molar-refractivity contribution is 5.55. The largest absolute Gasteiger partial charge is 0.491 e. The van der Waals surface area contributed by atoms with Crippen LogP contribution in [-0.2, 0) is 9.53 Å². The van der Waals surface area contributed by atoms with Crippen LogP contribution in [0.4, 0.5) is 0 Å². The van der Waals surface area contributed by atoms with Crippen molar-refractivity contribution in [2.75, 3.05) is 20.3 Å². The third kappa shape index (κ3) is 4.63. The number of carbonyl (C=O) groups excluding carboxylic acids is 1. The van der Waals surface area contributed by atoms with Crippen molar-refractivity contribution in [2.45, 2.75) is 6.42 Å². The van der Waals surface area contributed by atoms with Gasteiger partial charge in [-0.15, -0.1) is 0 Å². The molecule has 0 saturated carbocycles. The van der Waals surface area contributed by atoms with Gasteiger partial charge in [0.1, 0.15) is 18.6 Å². The maximum atomic E-state index is 10.1. The van der Waals surface area contributed by atoms with Gasteiger partial charge in [0, 0.05) is 12.7 Å². The Bertz CT molecular complexity index is 370. The van der Waals surface area contributed by atoms with Gasteiger partial charge in [0.2, 0.25) is 0 Å². The van der Waals surface area contributed by atoms with Crippen LogP contribution in [0.25, 0.3) is 0 Å². The van der Waals surface area contributed by atoms with Gasteiger partial charge in [0.25, 0.3) is 0 Å². The van der Waals surface area contributed by atoms with E-state index >= 15 is 0 Å². The lowest BCUT2D eigenvalue weighted by Crippen LogP contribution is -2.03. The van der Waals surface area contributed by atoms with Crippen molar-refractivity contribution in [2.24, 2.45) is 0 Å². The van der Waals surface area contributed by atoms with Crippen LogP contribution in [0.5, 0.6) is 5.75 Å². The fourth-order valence-corrected chi connectivity index (χ4v) is 1.07. The number of carbonyl (C=O) groups is 1. The lowest BCUT2D eigenvalue weighted by Gasteiger charge is -2.04. The molecule has 1 aromatic carbocycles. The van der Waals surface area contributed by atoms with Gasteiger partial charge in [-0.25, -0.2) is 0 Å². The summed E-state index contributed by atoms with van der Waals surface area (Å²) in [6.45, 7) is 1.10. The second-order valence-corrected chi connectivity index (χ2v) is 3.04. The quantitative estimate of drug-likeness (QED) is 0.428. The summed E-state index contributed by atoms with van der Waals surface area (Å²) >= 11 is 0. The van der Waals surface area contributed by atoms with E-state index in [9.17, 15) is 4.79 Å². The fourth-order valence-electron chi connectivity index (χ4n) is 1.07. The fraction of sp³-hybridized carbons (Fsp3) is 0.308. The van der Waals surface area contributed by atoms with Gasteiger partial charge in [-0.3, -0.25) is 0 Å². The molecule has 0 unspecified atom stereocenters. The monoisotopic (exact) mass is 218 g/mol. The van der Waals surface area contributed by atoms with Gasteiger partial charge in [0.15, 0.2) is 0 Å². The number of hydrogen-bond donors (Lipinski definition) is 0. The molecule has 1 aromatic rings. The standard InChI is InChI=1S/C13H14O3/c1-15-10-11-16-13-7-5-12(6-8-13)4-2-3-9-14/h5-9H,3,10-11H2,1H3. The third-order valence-electron chi connectivity index (χ3n) is 1.83. The average molecular weight is 218 g/mol. The number of rotatable bonds is 5. The Morgan fingerprint density at radius 3 is 2.62 bits per heavy atom. The molecule has 84 valence electrons. The van der Waals surface area contributed by atoms with Crippen LogP contribution in [0.2, 0.25) is 0 Å². The first-order chi connectivity index (χ1) is 7.86. The van der Waals surface area contributed by atoms with Crippen molar-refractivity contribution < 1.29 is 14.3 Å². The maximum Gasteiger partial charge on any atom is 0.131 e. The minimum Gasteiger partial charge on any atom is -0.491 e. The van der Waals surface area contributed by atoms with E-state index in [0.29, 0.717) is 13.2 Å². The van der Waals surface area contributed by atoms with Crippen LogP contribution in [0, 0.1) is 11.8 Å². The van der Waals surface area contributed by atoms with Crippen molar-refractivity contribution in [3.8, 4) is 17.6 Å². The molecule has 0 aliphatic heterocycles. The SMILES string of the molecule is COCCOc1ccc(C#CCC=O)cc1. The first-order valence-corrected chi connectivity index (χ1v) is 5.01. The summed E-state index contributed by atoms with van der Waals surface area (Å²) in [5.74, 6) is 6.41. The minimum absolute atomic E-state index is 0.270. The van der Waals surface area contributed by atoms with Crippen LogP contribution < -0.4 is 4.74 Å². The van der Waals surface area contributed by atoms with Crippen LogP contribution in [-0.4, -0.2) is 26.6 Å². The molecule has 0 bridgehead atoms. The number of benzene rings is 1. The first kappa shape index (κ1) is 12.3. The summed E-state index contributed by atoms with van der Waals surface area (Å²) in [6, 6.07) is 7.42. The summed E-state index contributed by atoms with van der Waals surface area (Å²) in [5.41, 5.74) is 0.876. The van der Waals surface area contributed by atoms with E-state index in [2.05, 4.69) is 11.8 Å². The Morgan fingerprint density at radius 2 is 2.00 bits per heavy atom. The zero-order chi connectivity index (χ0) is 11.6. The molecule has 0 aromatic heterocycles. The second-order valence-electron chi connectivity index (χ2n) is 3.04. The van der Waals surface area contributed by atoms with E-state index in [4.69, 9.17) is 9.47 Å². The molecule has 0 aliphatic rings. The zero-order valence-corrected chi connectivity index (χ0v) is 9.23. The zero-order valence-electron chi connectivity index (χ0n) is 9.23. The summed E-state index contributed by atoms with van der Waals surface area (Å²) in [4.78, 5) is 10.1. The molecule has 3 nitrogen and oxygen atoms in total. The van der Waals surface area contributed by atoms with Crippen molar-refractivity contribution in [3.63, 3.8) is 0 Å². The molecule has 0 amide bonds. The number of methoxy groups -OCH3 is 1. The van der Waals surface area contributed by atoms with Gasteiger partial charge in [-0.05, 0) is 24.3 Å². The molecule has 0 saturated heterocycles. The highest BCUT2D eigenvalue weighted by atomic mass is 16.5. The van der Waals surface area contributed by atoms with Gasteiger partial charge < -0.3 is 14.3 Å². The van der Waals surface area contributed by atoms with Crippen LogP contribution in [0.3, 0.4) is 0 Å². The summed E-state index contributed by atoms with van der Waals surface area (Å²) in [5, 5.41) is 0. The van der Waals surface area contributed by atoms with E-state index in [1.54, 1.807) is 7.11 Å². The molecule has 0 fully saturated rings. The Balaban J connectivity index is 2.48. The van der Waals surface area contributed by atoms with Crippen LogP contribution in [0.15, 0.2) is 24.3 Å². The van der Waals surface area contributed by atoms with E-state index in [1.165, 1.54) is 0 Å². The number of ether oxygens (including phenoxy) is 2. The Hall–Kier alpha value is -1.79. The summed E-state index contributed by atoms with van der Waals surface area (Å²) in [6.07, 6.45) is 1.06. The topological polar surface area (TPSA) is 35.5 Å². The number of hydrogen-bond acceptors (Lipinski definition) is 3. The molecule has 0 heterocycles. The van der Waals surface area contributed by atoms with Gasteiger partial charge in [-0.2, -0.15) is 0 Å². The maximum absolute atomic E-state index is 10.1. The highest BCUT2D eigenvalue weighted by Crippen LogP contribution is 2.11. The molecule has 0 radical (unpaired) electrons. The van der Waals surface area contributed by atoms with E-state index in [-0.39, 0.29) is 6.42 Å². The molecule has 0 atom stereocenters. The molecule has 0 spiro atoms. The Morgan fingerprint density at radius 1 is 1.25 bits per heavy atom. The lowest BCUT2D eigenvalue weighted by molar-refractivity contribution is -0.107. The van der Waals surface area contributed by atoms with E-state index in [1.807, 2.05) is 24.3 Å². The van der Waals surface area contributed by atoms with Crippen molar-refractivity contribution >= 4 is 6.29 Å². The normalized spacial score (nSPS) is 9.06. The van der Waals surface area contributed by atoms with Crippen molar-refractivity contribution in [3.05, 3.63) is 29.8 Å². The van der Waals surface area contributed by atoms with E-state index in [0.717, 1.165) is 17.6 Å². The van der Waals surface area contributed by atoms with Gasteiger partial charge >= 0.3 is 0 Å². The first-order valence-electron chi connectivity index (χ1n) is 5.01. The second kappa shape index (κ2) is 7.49. The van der Waals surface area contributed by atoms with Crippen molar-refractivity contribution in [1.82, 2.24) is 0 Å². The molecular weight excluding hydrogens is 204 g/mol. The van der Waals surface area contributed by atoms with Gasteiger partial charge in [0.05, 0.1) is 13.0 Å². The predicted molar refractivity (Wildman–Crippen MR) is 61.4 cm³/mol. The molecule has 3 heteroatoms. The molecular formula is C13H14O3. The predicted octanol–water partition coefficient (Wildman–Crippen LogP) is 1.65. The minimum atomic E-state index is 0.270. The highest BCUT2D eigenvalue weighted by Gasteiger charge is 1.92. The van der Waals surface area contributed by atoms with E-state index < -0.39 is 0 Å². The molecule has 0 aliphatic carbocycles. The van der Waals surface area contributed by atoms with Crippen LogP contribution in [0.1, 0.15) is 12.0 Å². The Labute approximate surface area is 95.4 Å². The number of aldehydes is 1. The molecule has 1 rings (SSSR count).